The summed E-state index contributed by atoms with van der Waals surface area (Å²) in [6.07, 6.45) is 6.35. The van der Waals surface area contributed by atoms with Crippen molar-refractivity contribution in [1.82, 2.24) is 14.9 Å². The Morgan fingerprint density at radius 3 is 2.93 bits per heavy atom. The molecule has 0 spiro atoms. The number of rotatable bonds is 6. The van der Waals surface area contributed by atoms with E-state index in [1.165, 1.54) is 5.69 Å². The highest BCUT2D eigenvalue weighted by atomic mass is 32.2. The molecule has 0 amide bonds. The first-order valence-corrected chi connectivity index (χ1v) is 6.71. The Bertz CT molecular complexity index is 324. The van der Waals surface area contributed by atoms with E-state index < -0.39 is 10.8 Å². The minimum absolute atomic E-state index is 0.268. The normalized spacial score (nSPS) is 15.1. The van der Waals surface area contributed by atoms with Gasteiger partial charge in [0.1, 0.15) is 0 Å². The van der Waals surface area contributed by atoms with Crippen LogP contribution in [0.3, 0.4) is 0 Å². The number of nitrogens with one attached hydrogen (secondary N) is 1. The SMILES string of the molecule is CC(CCNCc1cncn1C)S(C)=O. The summed E-state index contributed by atoms with van der Waals surface area (Å²) in [5.74, 6) is 0. The van der Waals surface area contributed by atoms with Crippen molar-refractivity contribution < 1.29 is 4.21 Å². The second kappa shape index (κ2) is 6.02. The van der Waals surface area contributed by atoms with Gasteiger partial charge in [0.2, 0.25) is 0 Å². The average molecular weight is 229 g/mol. The van der Waals surface area contributed by atoms with Crippen LogP contribution in [0.5, 0.6) is 0 Å². The lowest BCUT2D eigenvalue weighted by atomic mass is 10.3. The van der Waals surface area contributed by atoms with E-state index >= 15 is 0 Å². The summed E-state index contributed by atoms with van der Waals surface area (Å²) in [7, 11) is 1.27. The average Bonchev–Trinajstić information content (AvgIpc) is 2.58. The van der Waals surface area contributed by atoms with E-state index in [1.54, 1.807) is 12.6 Å². The van der Waals surface area contributed by atoms with Crippen LogP contribution in [0.1, 0.15) is 19.0 Å². The first-order chi connectivity index (χ1) is 7.11. The van der Waals surface area contributed by atoms with Gasteiger partial charge < -0.3 is 9.88 Å². The van der Waals surface area contributed by atoms with Crippen molar-refractivity contribution >= 4 is 10.8 Å². The zero-order chi connectivity index (χ0) is 11.3. The molecule has 0 aliphatic carbocycles. The van der Waals surface area contributed by atoms with Gasteiger partial charge in [0.05, 0.1) is 12.0 Å². The molecule has 0 radical (unpaired) electrons. The van der Waals surface area contributed by atoms with Crippen molar-refractivity contribution in [1.29, 1.82) is 0 Å². The summed E-state index contributed by atoms with van der Waals surface area (Å²) >= 11 is 0. The van der Waals surface area contributed by atoms with Gasteiger partial charge in [0, 0.05) is 42.1 Å². The smallest absolute Gasteiger partial charge is 0.0945 e. The van der Waals surface area contributed by atoms with E-state index in [4.69, 9.17) is 0 Å². The fourth-order valence-electron chi connectivity index (χ4n) is 1.24. The first kappa shape index (κ1) is 12.4. The Hall–Kier alpha value is -0.680. The number of nitrogens with zero attached hydrogens (tertiary/aromatic N) is 2. The Balaban J connectivity index is 2.17. The molecule has 2 unspecified atom stereocenters. The minimum atomic E-state index is -0.712. The summed E-state index contributed by atoms with van der Waals surface area (Å²) in [6.45, 7) is 3.73. The molecule has 4 nitrogen and oxygen atoms in total. The van der Waals surface area contributed by atoms with Gasteiger partial charge in [0.15, 0.2) is 0 Å². The third-order valence-corrected chi connectivity index (χ3v) is 3.89. The van der Waals surface area contributed by atoms with Gasteiger partial charge in [-0.2, -0.15) is 0 Å². The first-order valence-electron chi connectivity index (χ1n) is 5.09. The molecule has 0 aromatic carbocycles. The van der Waals surface area contributed by atoms with E-state index in [0.29, 0.717) is 0 Å². The molecule has 2 atom stereocenters. The van der Waals surface area contributed by atoms with Gasteiger partial charge in [-0.05, 0) is 13.0 Å². The molecule has 1 heterocycles. The predicted octanol–water partition coefficient (Wildman–Crippen LogP) is 0.667. The fourth-order valence-corrected chi connectivity index (χ4v) is 1.69. The van der Waals surface area contributed by atoms with E-state index in [0.717, 1.165) is 19.5 Å². The number of imidazole rings is 1. The van der Waals surface area contributed by atoms with Crippen LogP contribution >= 0.6 is 0 Å². The maximum Gasteiger partial charge on any atom is 0.0945 e. The van der Waals surface area contributed by atoms with Crippen LogP contribution in [0.25, 0.3) is 0 Å². The highest BCUT2D eigenvalue weighted by Crippen LogP contribution is 1.99. The van der Waals surface area contributed by atoms with Crippen molar-refractivity contribution in [3.63, 3.8) is 0 Å². The van der Waals surface area contributed by atoms with E-state index in [1.807, 2.05) is 24.7 Å². The topological polar surface area (TPSA) is 46.9 Å². The van der Waals surface area contributed by atoms with E-state index in [9.17, 15) is 4.21 Å². The maximum atomic E-state index is 11.1. The third-order valence-electron chi connectivity index (χ3n) is 2.52. The van der Waals surface area contributed by atoms with E-state index in [2.05, 4.69) is 10.3 Å². The summed E-state index contributed by atoms with van der Waals surface area (Å²) in [6, 6.07) is 0. The van der Waals surface area contributed by atoms with Crippen LogP contribution in [-0.2, 0) is 24.4 Å². The van der Waals surface area contributed by atoms with E-state index in [-0.39, 0.29) is 5.25 Å². The monoisotopic (exact) mass is 229 g/mol. The second-order valence-electron chi connectivity index (χ2n) is 3.77. The lowest BCUT2D eigenvalue weighted by molar-refractivity contribution is 0.613. The number of aryl methyl sites for hydroxylation is 1. The van der Waals surface area contributed by atoms with Crippen LogP contribution in [0.15, 0.2) is 12.5 Å². The third kappa shape index (κ3) is 4.13. The lowest BCUT2D eigenvalue weighted by Crippen LogP contribution is -2.21. The molecule has 0 fully saturated rings. The van der Waals surface area contributed by atoms with Gasteiger partial charge in [-0.25, -0.2) is 4.98 Å². The number of aromatic nitrogens is 2. The van der Waals surface area contributed by atoms with Crippen molar-refractivity contribution in [3.05, 3.63) is 18.2 Å². The van der Waals surface area contributed by atoms with Crippen molar-refractivity contribution in [3.8, 4) is 0 Å². The highest BCUT2D eigenvalue weighted by molar-refractivity contribution is 7.84. The molecule has 86 valence electrons. The number of hydrogen-bond acceptors (Lipinski definition) is 3. The molecule has 15 heavy (non-hydrogen) atoms. The van der Waals surface area contributed by atoms with Gasteiger partial charge in [-0.1, -0.05) is 6.92 Å². The summed E-state index contributed by atoms with van der Waals surface area (Å²) in [4.78, 5) is 4.04. The van der Waals surface area contributed by atoms with Crippen LogP contribution in [-0.4, -0.2) is 31.8 Å². The Labute approximate surface area is 93.5 Å². The van der Waals surface area contributed by atoms with Crippen molar-refractivity contribution in [2.75, 3.05) is 12.8 Å². The molecule has 0 saturated heterocycles. The quantitative estimate of drug-likeness (QED) is 0.729. The van der Waals surface area contributed by atoms with Crippen molar-refractivity contribution in [2.45, 2.75) is 25.1 Å². The highest BCUT2D eigenvalue weighted by Gasteiger charge is 2.05. The predicted molar refractivity (Wildman–Crippen MR) is 63.1 cm³/mol. The van der Waals surface area contributed by atoms with Crippen LogP contribution in [0, 0.1) is 0 Å². The molecule has 0 saturated carbocycles. The molecule has 1 rings (SSSR count). The number of hydrogen-bond donors (Lipinski definition) is 1. The Kier molecular flexibility index (Phi) is 4.98. The zero-order valence-corrected chi connectivity index (χ0v) is 10.4. The summed E-state index contributed by atoms with van der Waals surface area (Å²) < 4.78 is 13.1. The molecular formula is C10H19N3OS. The van der Waals surface area contributed by atoms with Crippen LogP contribution in [0.2, 0.25) is 0 Å². The molecule has 5 heteroatoms. The van der Waals surface area contributed by atoms with Crippen LogP contribution < -0.4 is 5.32 Å². The molecule has 0 bridgehead atoms. The molecular weight excluding hydrogens is 210 g/mol. The lowest BCUT2D eigenvalue weighted by Gasteiger charge is -2.09. The summed E-state index contributed by atoms with van der Waals surface area (Å²) in [5.41, 5.74) is 1.17. The second-order valence-corrected chi connectivity index (χ2v) is 5.57. The molecule has 0 aliphatic rings. The maximum absolute atomic E-state index is 11.1. The van der Waals surface area contributed by atoms with Crippen molar-refractivity contribution in [2.24, 2.45) is 7.05 Å². The summed E-state index contributed by atoms with van der Waals surface area (Å²) in [5, 5.41) is 3.59. The largest absolute Gasteiger partial charge is 0.337 e. The minimum Gasteiger partial charge on any atom is -0.337 e. The zero-order valence-electron chi connectivity index (χ0n) is 9.56. The van der Waals surface area contributed by atoms with Crippen LogP contribution in [0.4, 0.5) is 0 Å². The Morgan fingerprint density at radius 2 is 2.40 bits per heavy atom. The van der Waals surface area contributed by atoms with Gasteiger partial charge in [0.25, 0.3) is 0 Å². The molecule has 1 N–H and O–H groups in total. The molecule has 1 aromatic heterocycles. The standard InChI is InChI=1S/C10H19N3OS/c1-9(15(3)14)4-5-11-6-10-7-12-8-13(10)2/h7-9,11H,4-6H2,1-3H3. The Morgan fingerprint density at radius 1 is 1.67 bits per heavy atom. The molecule has 1 aromatic rings. The van der Waals surface area contributed by atoms with Gasteiger partial charge in [-0.15, -0.1) is 0 Å². The van der Waals surface area contributed by atoms with Gasteiger partial charge >= 0.3 is 0 Å². The fraction of sp³-hybridized carbons (Fsp3) is 0.700. The van der Waals surface area contributed by atoms with Gasteiger partial charge in [-0.3, -0.25) is 4.21 Å². The molecule has 0 aliphatic heterocycles.